The van der Waals surface area contributed by atoms with Crippen molar-refractivity contribution in [3.8, 4) is 0 Å². The third-order valence-electron chi connectivity index (χ3n) is 2.86. The summed E-state index contributed by atoms with van der Waals surface area (Å²) in [6, 6.07) is 5.34. The van der Waals surface area contributed by atoms with Crippen LogP contribution in [0, 0.1) is 0 Å². The molecule has 1 aromatic carbocycles. The number of rotatable bonds is 2. The van der Waals surface area contributed by atoms with Gasteiger partial charge in [0.25, 0.3) is 0 Å². The van der Waals surface area contributed by atoms with Crippen LogP contribution in [0.15, 0.2) is 18.2 Å². The Labute approximate surface area is 107 Å². The van der Waals surface area contributed by atoms with E-state index in [0.29, 0.717) is 11.6 Å². The van der Waals surface area contributed by atoms with Crippen LogP contribution in [0.4, 0.5) is 5.69 Å². The van der Waals surface area contributed by atoms with Crippen molar-refractivity contribution in [1.82, 2.24) is 4.31 Å². The first-order chi connectivity index (χ1) is 7.93. The second kappa shape index (κ2) is 4.48. The Kier molecular flexibility index (Phi) is 3.34. The number of benzene rings is 1. The molecule has 17 heavy (non-hydrogen) atoms. The van der Waals surface area contributed by atoms with Crippen molar-refractivity contribution in [3.05, 3.63) is 28.8 Å². The Balaban J connectivity index is 2.49. The highest BCUT2D eigenvalue weighted by molar-refractivity contribution is 7.90. The van der Waals surface area contributed by atoms with Gasteiger partial charge in [0.2, 0.25) is 0 Å². The zero-order valence-electron chi connectivity index (χ0n) is 9.85. The largest absolute Gasteiger partial charge is 0.303 e. The highest BCUT2D eigenvalue weighted by Crippen LogP contribution is 2.31. The van der Waals surface area contributed by atoms with Crippen molar-refractivity contribution in [2.45, 2.75) is 12.8 Å². The van der Waals surface area contributed by atoms with Crippen molar-refractivity contribution in [1.29, 1.82) is 0 Å². The zero-order chi connectivity index (χ0) is 12.6. The van der Waals surface area contributed by atoms with Crippen LogP contribution >= 0.6 is 11.6 Å². The van der Waals surface area contributed by atoms with Crippen molar-refractivity contribution in [2.75, 3.05) is 24.9 Å². The predicted molar refractivity (Wildman–Crippen MR) is 69.7 cm³/mol. The van der Waals surface area contributed by atoms with Gasteiger partial charge in [-0.2, -0.15) is 12.7 Å². The van der Waals surface area contributed by atoms with E-state index in [4.69, 9.17) is 11.6 Å². The summed E-state index contributed by atoms with van der Waals surface area (Å²) in [5, 5.41) is 0.646. The number of aryl methyl sites for hydroxylation is 1. The first-order valence-electron chi connectivity index (χ1n) is 5.41. The number of fused-ring (bicyclic) bond motifs is 1. The lowest BCUT2D eigenvalue weighted by Gasteiger charge is -2.32. The summed E-state index contributed by atoms with van der Waals surface area (Å²) >= 11 is 5.92. The topological polar surface area (TPSA) is 40.6 Å². The molecular formula is C11H15ClN2O2S. The fourth-order valence-electron chi connectivity index (χ4n) is 1.97. The second-order valence-corrected chi connectivity index (χ2v) is 6.74. The molecule has 0 aromatic heterocycles. The minimum absolute atomic E-state index is 0.523. The Morgan fingerprint density at radius 3 is 2.71 bits per heavy atom. The molecule has 1 heterocycles. The van der Waals surface area contributed by atoms with Crippen LogP contribution in [0.3, 0.4) is 0 Å². The van der Waals surface area contributed by atoms with Gasteiger partial charge >= 0.3 is 10.2 Å². The number of hydrogen-bond donors (Lipinski definition) is 0. The van der Waals surface area contributed by atoms with Crippen molar-refractivity contribution < 1.29 is 8.42 Å². The van der Waals surface area contributed by atoms with E-state index in [1.165, 1.54) is 8.61 Å². The van der Waals surface area contributed by atoms with Gasteiger partial charge in [0, 0.05) is 25.7 Å². The van der Waals surface area contributed by atoms with Crippen molar-refractivity contribution >= 4 is 27.5 Å². The highest BCUT2D eigenvalue weighted by atomic mass is 35.5. The molecule has 0 amide bonds. The van der Waals surface area contributed by atoms with Gasteiger partial charge in [-0.3, -0.25) is 4.31 Å². The lowest BCUT2D eigenvalue weighted by Crippen LogP contribution is -2.42. The Morgan fingerprint density at radius 2 is 2.06 bits per heavy atom. The Morgan fingerprint density at radius 1 is 1.35 bits per heavy atom. The average molecular weight is 275 g/mol. The minimum atomic E-state index is -3.40. The molecule has 1 aliphatic rings. The standard InChI is InChI=1S/C11H15ClN2O2S/c1-13(2)17(15,16)14-7-3-4-9-8-10(12)5-6-11(9)14/h5-6,8H,3-4,7H2,1-2H3. The van der Waals surface area contributed by atoms with Gasteiger partial charge in [-0.05, 0) is 36.6 Å². The predicted octanol–water partition coefficient (Wildman–Crippen LogP) is 1.90. The van der Waals surface area contributed by atoms with Crippen molar-refractivity contribution in [2.24, 2.45) is 0 Å². The molecule has 1 aromatic rings. The van der Waals surface area contributed by atoms with Gasteiger partial charge in [-0.1, -0.05) is 11.6 Å². The van der Waals surface area contributed by atoms with Crippen LogP contribution in [-0.4, -0.2) is 33.4 Å². The van der Waals surface area contributed by atoms with E-state index in [9.17, 15) is 8.42 Å². The molecule has 4 nitrogen and oxygen atoms in total. The molecule has 2 rings (SSSR count). The fraction of sp³-hybridized carbons (Fsp3) is 0.455. The normalized spacial score (nSPS) is 16.1. The van der Waals surface area contributed by atoms with E-state index in [0.717, 1.165) is 24.1 Å². The highest BCUT2D eigenvalue weighted by Gasteiger charge is 2.28. The van der Waals surface area contributed by atoms with Crippen LogP contribution in [0.2, 0.25) is 5.02 Å². The molecular weight excluding hydrogens is 260 g/mol. The van der Waals surface area contributed by atoms with Gasteiger partial charge in [0.15, 0.2) is 0 Å². The lowest BCUT2D eigenvalue weighted by atomic mass is 10.0. The van der Waals surface area contributed by atoms with Gasteiger partial charge in [0.05, 0.1) is 5.69 Å². The maximum Gasteiger partial charge on any atom is 0.303 e. The van der Waals surface area contributed by atoms with Crippen LogP contribution in [-0.2, 0) is 16.6 Å². The van der Waals surface area contributed by atoms with E-state index in [2.05, 4.69) is 0 Å². The second-order valence-electron chi connectivity index (χ2n) is 4.24. The fourth-order valence-corrected chi connectivity index (χ4v) is 3.34. The van der Waals surface area contributed by atoms with E-state index in [1.807, 2.05) is 6.07 Å². The first-order valence-corrected chi connectivity index (χ1v) is 7.19. The summed E-state index contributed by atoms with van der Waals surface area (Å²) in [5.74, 6) is 0. The quantitative estimate of drug-likeness (QED) is 0.826. The molecule has 0 N–H and O–H groups in total. The van der Waals surface area contributed by atoms with Crippen LogP contribution in [0.25, 0.3) is 0 Å². The number of nitrogens with zero attached hydrogens (tertiary/aromatic N) is 2. The summed E-state index contributed by atoms with van der Waals surface area (Å²) in [6.45, 7) is 0.523. The molecule has 0 fully saturated rings. The smallest absolute Gasteiger partial charge is 0.257 e. The minimum Gasteiger partial charge on any atom is -0.257 e. The van der Waals surface area contributed by atoms with Gasteiger partial charge in [-0.15, -0.1) is 0 Å². The van der Waals surface area contributed by atoms with Crippen molar-refractivity contribution in [3.63, 3.8) is 0 Å². The van der Waals surface area contributed by atoms with Gasteiger partial charge in [-0.25, -0.2) is 0 Å². The summed E-state index contributed by atoms with van der Waals surface area (Å²) in [7, 11) is -0.320. The molecule has 0 aliphatic carbocycles. The molecule has 0 atom stereocenters. The molecule has 1 aliphatic heterocycles. The summed E-state index contributed by atoms with van der Waals surface area (Å²) < 4.78 is 27.0. The zero-order valence-corrected chi connectivity index (χ0v) is 11.4. The first kappa shape index (κ1) is 12.7. The monoisotopic (exact) mass is 274 g/mol. The summed E-state index contributed by atoms with van der Waals surface area (Å²) in [5.41, 5.74) is 1.74. The maximum absolute atomic E-state index is 12.2. The lowest BCUT2D eigenvalue weighted by molar-refractivity contribution is 0.512. The van der Waals surface area contributed by atoms with Crippen LogP contribution < -0.4 is 4.31 Å². The van der Waals surface area contributed by atoms with Gasteiger partial charge < -0.3 is 0 Å². The SMILES string of the molecule is CN(C)S(=O)(=O)N1CCCc2cc(Cl)ccc21. The third-order valence-corrected chi connectivity index (χ3v) is 4.95. The van der Waals surface area contributed by atoms with E-state index in [-0.39, 0.29) is 0 Å². The van der Waals surface area contributed by atoms with Crippen LogP contribution in [0.5, 0.6) is 0 Å². The van der Waals surface area contributed by atoms with Gasteiger partial charge in [0.1, 0.15) is 0 Å². The number of anilines is 1. The van der Waals surface area contributed by atoms with E-state index < -0.39 is 10.2 Å². The molecule has 0 unspecified atom stereocenters. The summed E-state index contributed by atoms with van der Waals surface area (Å²) in [4.78, 5) is 0. The Bertz CT molecular complexity index is 528. The Hall–Kier alpha value is -0.780. The average Bonchev–Trinajstić information content (AvgIpc) is 2.27. The number of hydrogen-bond acceptors (Lipinski definition) is 2. The molecule has 0 spiro atoms. The third kappa shape index (κ3) is 2.27. The molecule has 0 bridgehead atoms. The summed E-state index contributed by atoms with van der Waals surface area (Å²) in [6.07, 6.45) is 1.69. The molecule has 94 valence electrons. The van der Waals surface area contributed by atoms with E-state index >= 15 is 0 Å². The van der Waals surface area contributed by atoms with Crippen LogP contribution in [0.1, 0.15) is 12.0 Å². The molecule has 0 saturated heterocycles. The molecule has 0 radical (unpaired) electrons. The maximum atomic E-state index is 12.2. The van der Waals surface area contributed by atoms with E-state index in [1.54, 1.807) is 26.2 Å². The molecule has 6 heteroatoms. The number of halogens is 1. The molecule has 0 saturated carbocycles.